The Balaban J connectivity index is 0.000000211. The summed E-state index contributed by atoms with van der Waals surface area (Å²) in [7, 11) is 4.64. The van der Waals surface area contributed by atoms with Crippen LogP contribution in [0.15, 0.2) is 54.9 Å². The van der Waals surface area contributed by atoms with Crippen LogP contribution >= 0.6 is 9.30 Å². The first-order chi connectivity index (χ1) is 8.50. The van der Waals surface area contributed by atoms with Crippen molar-refractivity contribution in [3.63, 3.8) is 0 Å². The fourth-order valence-electron chi connectivity index (χ4n) is 0.693. The third-order valence-corrected chi connectivity index (χ3v) is 1.28. The van der Waals surface area contributed by atoms with Crippen LogP contribution < -0.4 is 0 Å². The van der Waals surface area contributed by atoms with E-state index >= 15 is 0 Å². The van der Waals surface area contributed by atoms with Gasteiger partial charge in [-0.25, -0.2) is 12.1 Å². The number of aromatic nitrogens is 4. The Morgan fingerprint density at radius 2 is 1.41 bits per heavy atom. The molecule has 3 rings (SSSR count). The monoisotopic (exact) mass is 282 g/mol. The Bertz CT molecular complexity index is 255. The first kappa shape index (κ1) is 15.8. The number of halogens is 1. The number of H-pyrrole nitrogens is 2. The molecule has 2 aromatic heterocycles. The van der Waals surface area contributed by atoms with Gasteiger partial charge < -0.3 is 20.4 Å². The standard InChI is InChI=1S/C5H5.2C3H3N2.ClH.Ti/c3*1-2-4-5-3-1;;/h1-5H;2*1-2H,(H,4,5);1H;/q3*-1;;+4/p-1. The number of hydrogen-bond acceptors (Lipinski definition) is 2. The van der Waals surface area contributed by atoms with Crippen molar-refractivity contribution in [2.45, 2.75) is 0 Å². The van der Waals surface area contributed by atoms with Gasteiger partial charge in [0.15, 0.2) is 0 Å². The van der Waals surface area contributed by atoms with Crippen LogP contribution in [0.4, 0.5) is 0 Å². The van der Waals surface area contributed by atoms with Gasteiger partial charge in [0.05, 0.1) is 0 Å². The number of nitrogens with zero attached hydrogens (tertiary/aromatic N) is 2. The predicted molar refractivity (Wildman–Crippen MR) is 62.7 cm³/mol. The van der Waals surface area contributed by atoms with Crippen LogP contribution in [0.25, 0.3) is 0 Å². The molecule has 0 unspecified atom stereocenters. The van der Waals surface area contributed by atoms with E-state index in [-0.39, 0.29) is 0 Å². The van der Waals surface area contributed by atoms with Gasteiger partial charge >= 0.3 is 28.7 Å². The molecule has 0 fully saturated rings. The van der Waals surface area contributed by atoms with Gasteiger partial charge in [-0.1, -0.05) is 0 Å². The van der Waals surface area contributed by atoms with E-state index < -0.39 is 0 Å². The summed E-state index contributed by atoms with van der Waals surface area (Å²) in [5, 5.41) is 12.1. The summed E-state index contributed by atoms with van der Waals surface area (Å²) < 4.78 is 0. The van der Waals surface area contributed by atoms with E-state index in [0.717, 1.165) is 0 Å². The summed E-state index contributed by atoms with van der Waals surface area (Å²) in [6.45, 7) is 0. The van der Waals surface area contributed by atoms with E-state index in [4.69, 9.17) is 0 Å². The summed E-state index contributed by atoms with van der Waals surface area (Å²) in [4.78, 5) is 0. The predicted octanol–water partition coefficient (Wildman–Crippen LogP) is 2.51. The van der Waals surface area contributed by atoms with Crippen LogP contribution in [0, 0.1) is 12.4 Å². The molecule has 0 aliphatic heterocycles. The van der Waals surface area contributed by atoms with E-state index in [1.165, 1.54) is 19.4 Å². The van der Waals surface area contributed by atoms with Crippen molar-refractivity contribution >= 4 is 9.30 Å². The largest absolute Gasteiger partial charge is 0.382 e. The van der Waals surface area contributed by atoms with E-state index in [1.807, 2.05) is 30.3 Å². The molecule has 0 radical (unpaired) electrons. The molecule has 17 heavy (non-hydrogen) atoms. The second-order valence-electron chi connectivity index (χ2n) is 2.37. The second-order valence-corrected chi connectivity index (χ2v) is 2.37. The van der Waals surface area contributed by atoms with Crippen LogP contribution in [0.2, 0.25) is 0 Å². The topological polar surface area (TPSA) is 57.4 Å². The molecule has 2 N–H and O–H groups in total. The van der Waals surface area contributed by atoms with Crippen molar-refractivity contribution in [1.29, 1.82) is 0 Å². The number of aromatic amines is 2. The quantitative estimate of drug-likeness (QED) is 0.492. The average molecular weight is 283 g/mol. The van der Waals surface area contributed by atoms with Gasteiger partial charge in [0.1, 0.15) is 0 Å². The molecule has 0 amide bonds. The molecule has 0 spiro atoms. The van der Waals surface area contributed by atoms with Crippen LogP contribution in [-0.2, 0) is 19.4 Å². The molecule has 0 saturated heterocycles. The fourth-order valence-corrected chi connectivity index (χ4v) is 0.693. The maximum atomic E-state index is 4.64. The van der Waals surface area contributed by atoms with Crippen LogP contribution in [0.3, 0.4) is 0 Å². The molecule has 6 heteroatoms. The van der Waals surface area contributed by atoms with E-state index in [0.29, 0.717) is 0 Å². The normalized spacial score (nSPS) is 7.47. The summed E-state index contributed by atoms with van der Waals surface area (Å²) in [6, 6.07) is 13.4. The molecule has 86 valence electrons. The van der Waals surface area contributed by atoms with Crippen molar-refractivity contribution in [1.82, 2.24) is 20.4 Å². The van der Waals surface area contributed by atoms with E-state index in [1.54, 1.807) is 24.5 Å². The Hall–Kier alpha value is -1.23. The van der Waals surface area contributed by atoms with Crippen LogP contribution in [-0.4, -0.2) is 20.4 Å². The maximum absolute atomic E-state index is 4.64. The molecule has 0 bridgehead atoms. The smallest absolute Gasteiger partial charge is 0.124 e. The zero-order valence-electron chi connectivity index (χ0n) is 8.97. The Morgan fingerprint density at radius 1 is 0.941 bits per heavy atom. The molecule has 0 aliphatic carbocycles. The molecule has 2 heterocycles. The second kappa shape index (κ2) is 14.8. The van der Waals surface area contributed by atoms with Gasteiger partial charge in [0.25, 0.3) is 0 Å². The van der Waals surface area contributed by atoms with Gasteiger partial charge in [0.2, 0.25) is 0 Å². The Labute approximate surface area is 116 Å². The van der Waals surface area contributed by atoms with Crippen molar-refractivity contribution in [3.8, 4) is 0 Å². The summed E-state index contributed by atoms with van der Waals surface area (Å²) in [5.74, 6) is 0. The van der Waals surface area contributed by atoms with E-state index in [2.05, 4.69) is 42.1 Å². The molecular weight excluding hydrogens is 271 g/mol. The van der Waals surface area contributed by atoms with Crippen molar-refractivity contribution < 1.29 is 19.4 Å². The summed E-state index contributed by atoms with van der Waals surface area (Å²) >= 11 is 1.47. The van der Waals surface area contributed by atoms with Crippen LogP contribution in [0.1, 0.15) is 0 Å². The Morgan fingerprint density at radius 3 is 1.53 bits per heavy atom. The van der Waals surface area contributed by atoms with Gasteiger partial charge in [-0.05, 0) is 0 Å². The number of nitrogens with one attached hydrogen (secondary N) is 2. The SMILES string of the molecule is [Cl][Ti+3].[c-]1cc[nH]n1.[c-]1cc[nH]n1.c1cc[cH-]c1. The van der Waals surface area contributed by atoms with Crippen molar-refractivity contribution in [2.24, 2.45) is 0 Å². The molecule has 0 atom stereocenters. The minimum atomic E-state index is 1.47. The zero-order chi connectivity index (χ0) is 12.6. The molecule has 0 aliphatic rings. The van der Waals surface area contributed by atoms with Crippen LogP contribution in [0.5, 0.6) is 0 Å². The number of hydrogen-bond donors (Lipinski definition) is 2. The molecule has 3 aromatic rings. The first-order valence-electron chi connectivity index (χ1n) is 4.57. The number of rotatable bonds is 0. The summed E-state index contributed by atoms with van der Waals surface area (Å²) in [6.07, 6.45) is 8.53. The van der Waals surface area contributed by atoms with Crippen molar-refractivity contribution in [3.05, 3.63) is 67.3 Å². The van der Waals surface area contributed by atoms with Gasteiger partial charge in [-0.2, -0.15) is 30.3 Å². The van der Waals surface area contributed by atoms with Gasteiger partial charge in [-0.3, -0.25) is 0 Å². The molecule has 0 saturated carbocycles. The molecule has 4 nitrogen and oxygen atoms in total. The minimum absolute atomic E-state index is 1.47. The Kier molecular flexibility index (Phi) is 13.7. The van der Waals surface area contributed by atoms with Gasteiger partial charge in [-0.15, -0.1) is 24.8 Å². The van der Waals surface area contributed by atoms with Crippen molar-refractivity contribution in [2.75, 3.05) is 0 Å². The molecular formula is C11H11ClN4Ti. The third kappa shape index (κ3) is 12.7. The van der Waals surface area contributed by atoms with Gasteiger partial charge in [0, 0.05) is 0 Å². The van der Waals surface area contributed by atoms with E-state index in [9.17, 15) is 0 Å². The fraction of sp³-hybridized carbons (Fsp3) is 0. The molecule has 1 aromatic carbocycles. The minimum Gasteiger partial charge on any atom is -0.382 e. The summed E-state index contributed by atoms with van der Waals surface area (Å²) in [5.41, 5.74) is 0. The average Bonchev–Trinajstić information content (AvgIpc) is 3.16. The maximum Gasteiger partial charge on any atom is -0.124 e. The zero-order valence-corrected chi connectivity index (χ0v) is 11.3. The first-order valence-corrected chi connectivity index (χ1v) is 6.72. The third-order valence-electron chi connectivity index (χ3n) is 1.28.